The standard InChI is InChI=1S/C16H17NO3S/c1-2-17(10-16(19)20)15(18)11-21-14-8-7-12-5-3-4-6-13(12)9-14/h3-9H,2,10-11H2,1H3,(H,19,20). The van der Waals surface area contributed by atoms with Crippen LogP contribution in [-0.2, 0) is 9.59 Å². The number of thioether (sulfide) groups is 1. The molecule has 0 bridgehead atoms. The molecule has 0 aliphatic heterocycles. The number of carbonyl (C=O) groups is 2. The number of aliphatic carboxylic acids is 1. The van der Waals surface area contributed by atoms with Crippen LogP contribution in [-0.4, -0.2) is 40.7 Å². The number of benzene rings is 2. The predicted molar refractivity (Wildman–Crippen MR) is 84.6 cm³/mol. The number of carboxylic acids is 1. The second-order valence-electron chi connectivity index (χ2n) is 4.60. The normalized spacial score (nSPS) is 10.5. The lowest BCUT2D eigenvalue weighted by Crippen LogP contribution is -2.36. The van der Waals surface area contributed by atoms with Gasteiger partial charge in [0.25, 0.3) is 0 Å². The van der Waals surface area contributed by atoms with Gasteiger partial charge in [0, 0.05) is 11.4 Å². The van der Waals surface area contributed by atoms with Crippen molar-refractivity contribution < 1.29 is 14.7 Å². The molecule has 5 heteroatoms. The molecule has 0 radical (unpaired) electrons. The highest BCUT2D eigenvalue weighted by Crippen LogP contribution is 2.23. The molecule has 21 heavy (non-hydrogen) atoms. The van der Waals surface area contributed by atoms with Gasteiger partial charge in [-0.15, -0.1) is 11.8 Å². The molecule has 110 valence electrons. The summed E-state index contributed by atoms with van der Waals surface area (Å²) in [4.78, 5) is 25.0. The van der Waals surface area contributed by atoms with Gasteiger partial charge in [0.1, 0.15) is 6.54 Å². The largest absolute Gasteiger partial charge is 0.480 e. The van der Waals surface area contributed by atoms with Crippen molar-refractivity contribution in [1.82, 2.24) is 4.90 Å². The lowest BCUT2D eigenvalue weighted by molar-refractivity contribution is -0.143. The Morgan fingerprint density at radius 1 is 1.14 bits per heavy atom. The zero-order chi connectivity index (χ0) is 15.2. The van der Waals surface area contributed by atoms with E-state index < -0.39 is 5.97 Å². The van der Waals surface area contributed by atoms with E-state index in [4.69, 9.17) is 5.11 Å². The molecule has 4 nitrogen and oxygen atoms in total. The molecule has 0 unspecified atom stereocenters. The van der Waals surface area contributed by atoms with E-state index in [1.54, 1.807) is 6.92 Å². The minimum Gasteiger partial charge on any atom is -0.480 e. The summed E-state index contributed by atoms with van der Waals surface area (Å²) in [6.07, 6.45) is 0. The van der Waals surface area contributed by atoms with E-state index in [1.807, 2.05) is 42.5 Å². The van der Waals surface area contributed by atoms with Crippen LogP contribution in [0.5, 0.6) is 0 Å². The van der Waals surface area contributed by atoms with Crippen LogP contribution < -0.4 is 0 Å². The van der Waals surface area contributed by atoms with Crippen LogP contribution in [0.15, 0.2) is 47.4 Å². The highest BCUT2D eigenvalue weighted by atomic mass is 32.2. The number of amides is 1. The minimum absolute atomic E-state index is 0.155. The van der Waals surface area contributed by atoms with Crippen molar-refractivity contribution in [3.8, 4) is 0 Å². The molecule has 1 amide bonds. The maximum atomic E-state index is 12.0. The summed E-state index contributed by atoms with van der Waals surface area (Å²) in [5, 5.41) is 11.1. The van der Waals surface area contributed by atoms with Gasteiger partial charge < -0.3 is 10.0 Å². The molecule has 2 aromatic rings. The fourth-order valence-corrected chi connectivity index (χ4v) is 2.88. The van der Waals surface area contributed by atoms with Gasteiger partial charge in [0.2, 0.25) is 5.91 Å². The Balaban J connectivity index is 2.00. The van der Waals surface area contributed by atoms with E-state index >= 15 is 0 Å². The van der Waals surface area contributed by atoms with E-state index in [0.29, 0.717) is 6.54 Å². The van der Waals surface area contributed by atoms with Crippen LogP contribution in [0.4, 0.5) is 0 Å². The zero-order valence-electron chi connectivity index (χ0n) is 11.8. The maximum Gasteiger partial charge on any atom is 0.323 e. The van der Waals surface area contributed by atoms with Crippen molar-refractivity contribution in [2.75, 3.05) is 18.8 Å². The van der Waals surface area contributed by atoms with Crippen LogP contribution in [0, 0.1) is 0 Å². The molecule has 0 aliphatic carbocycles. The Kier molecular flexibility index (Phi) is 5.22. The Morgan fingerprint density at radius 3 is 2.52 bits per heavy atom. The summed E-state index contributed by atoms with van der Waals surface area (Å²) >= 11 is 1.43. The number of carbonyl (C=O) groups excluding carboxylic acids is 1. The van der Waals surface area contributed by atoms with Crippen LogP contribution in [0.2, 0.25) is 0 Å². The molecule has 0 fully saturated rings. The lowest BCUT2D eigenvalue weighted by atomic mass is 10.1. The van der Waals surface area contributed by atoms with Crippen molar-refractivity contribution in [2.45, 2.75) is 11.8 Å². The summed E-state index contributed by atoms with van der Waals surface area (Å²) in [7, 11) is 0. The summed E-state index contributed by atoms with van der Waals surface area (Å²) in [5.41, 5.74) is 0. The summed E-state index contributed by atoms with van der Waals surface area (Å²) in [5.74, 6) is -0.890. The van der Waals surface area contributed by atoms with Gasteiger partial charge >= 0.3 is 5.97 Å². The number of carboxylic acid groups (broad SMARTS) is 1. The molecular weight excluding hydrogens is 286 g/mol. The third-order valence-corrected chi connectivity index (χ3v) is 4.12. The van der Waals surface area contributed by atoms with Crippen LogP contribution >= 0.6 is 11.8 Å². The van der Waals surface area contributed by atoms with Gasteiger partial charge in [-0.2, -0.15) is 0 Å². The molecule has 0 aliphatic rings. The Morgan fingerprint density at radius 2 is 1.86 bits per heavy atom. The highest BCUT2D eigenvalue weighted by Gasteiger charge is 2.14. The van der Waals surface area contributed by atoms with Gasteiger partial charge in [-0.3, -0.25) is 9.59 Å². The smallest absolute Gasteiger partial charge is 0.323 e. The number of rotatable bonds is 6. The Bertz CT molecular complexity index is 657. The maximum absolute atomic E-state index is 12.0. The van der Waals surface area contributed by atoms with Crippen molar-refractivity contribution >= 4 is 34.4 Å². The molecule has 0 spiro atoms. The quantitative estimate of drug-likeness (QED) is 0.834. The highest BCUT2D eigenvalue weighted by molar-refractivity contribution is 8.00. The molecule has 0 atom stereocenters. The third kappa shape index (κ3) is 4.23. The first-order valence-corrected chi connectivity index (χ1v) is 7.70. The molecule has 2 rings (SSSR count). The first-order valence-electron chi connectivity index (χ1n) is 6.71. The zero-order valence-corrected chi connectivity index (χ0v) is 12.6. The van der Waals surface area contributed by atoms with Crippen LogP contribution in [0.25, 0.3) is 10.8 Å². The van der Waals surface area contributed by atoms with E-state index in [1.165, 1.54) is 16.7 Å². The van der Waals surface area contributed by atoms with Crippen LogP contribution in [0.1, 0.15) is 6.92 Å². The first kappa shape index (κ1) is 15.4. The average molecular weight is 303 g/mol. The minimum atomic E-state index is -0.985. The van der Waals surface area contributed by atoms with Gasteiger partial charge in [-0.1, -0.05) is 30.3 Å². The Hall–Kier alpha value is -2.01. The second kappa shape index (κ2) is 7.13. The van der Waals surface area contributed by atoms with Gasteiger partial charge in [-0.25, -0.2) is 0 Å². The summed E-state index contributed by atoms with van der Waals surface area (Å²) in [6.45, 7) is 1.94. The topological polar surface area (TPSA) is 57.6 Å². The number of hydrogen-bond acceptors (Lipinski definition) is 3. The molecule has 1 N–H and O–H groups in total. The van der Waals surface area contributed by atoms with Gasteiger partial charge in [0.15, 0.2) is 0 Å². The fourth-order valence-electron chi connectivity index (χ4n) is 2.03. The summed E-state index contributed by atoms with van der Waals surface area (Å²) in [6, 6.07) is 14.1. The van der Waals surface area contributed by atoms with Crippen molar-refractivity contribution in [3.05, 3.63) is 42.5 Å². The van der Waals surface area contributed by atoms with Crippen molar-refractivity contribution in [3.63, 3.8) is 0 Å². The predicted octanol–water partition coefficient (Wildman–Crippen LogP) is 2.87. The number of hydrogen-bond donors (Lipinski definition) is 1. The van der Waals surface area contributed by atoms with Crippen molar-refractivity contribution in [2.24, 2.45) is 0 Å². The molecule has 2 aromatic carbocycles. The van der Waals surface area contributed by atoms with Gasteiger partial charge in [-0.05, 0) is 29.8 Å². The van der Waals surface area contributed by atoms with E-state index in [9.17, 15) is 9.59 Å². The molecule has 0 heterocycles. The number of fused-ring (bicyclic) bond motifs is 1. The van der Waals surface area contributed by atoms with Crippen molar-refractivity contribution in [1.29, 1.82) is 0 Å². The number of nitrogens with zero attached hydrogens (tertiary/aromatic N) is 1. The van der Waals surface area contributed by atoms with Crippen LogP contribution in [0.3, 0.4) is 0 Å². The molecular formula is C16H17NO3S. The third-order valence-electron chi connectivity index (χ3n) is 3.14. The monoisotopic (exact) mass is 303 g/mol. The first-order chi connectivity index (χ1) is 10.1. The molecule has 0 saturated heterocycles. The lowest BCUT2D eigenvalue weighted by Gasteiger charge is -2.18. The summed E-state index contributed by atoms with van der Waals surface area (Å²) < 4.78 is 0. The molecule has 0 aromatic heterocycles. The van der Waals surface area contributed by atoms with E-state index in [-0.39, 0.29) is 18.2 Å². The van der Waals surface area contributed by atoms with Gasteiger partial charge in [0.05, 0.1) is 5.75 Å². The molecule has 0 saturated carbocycles. The Labute approximate surface area is 127 Å². The average Bonchev–Trinajstić information content (AvgIpc) is 2.49. The second-order valence-corrected chi connectivity index (χ2v) is 5.65. The number of likely N-dealkylation sites (N-methyl/N-ethyl adjacent to an activating group) is 1. The van der Waals surface area contributed by atoms with E-state index in [0.717, 1.165) is 15.7 Å². The SMILES string of the molecule is CCN(CC(=O)O)C(=O)CSc1ccc2ccccc2c1. The fraction of sp³-hybridized carbons (Fsp3) is 0.250. The van der Waals surface area contributed by atoms with E-state index in [2.05, 4.69) is 0 Å².